The number of rotatable bonds is 4. The van der Waals surface area contributed by atoms with Gasteiger partial charge in [0.1, 0.15) is 5.82 Å². The fourth-order valence-corrected chi connectivity index (χ4v) is 1.79. The minimum absolute atomic E-state index is 0.523. The number of nitrogens with zero attached hydrogens (tertiary/aromatic N) is 2. The summed E-state index contributed by atoms with van der Waals surface area (Å²) in [5, 5.41) is 9.69. The van der Waals surface area contributed by atoms with Gasteiger partial charge in [-0.1, -0.05) is 6.07 Å². The Labute approximate surface area is 101 Å². The monoisotopic (exact) mass is 232 g/mol. The van der Waals surface area contributed by atoms with Gasteiger partial charge in [0.05, 0.1) is 18.6 Å². The molecule has 0 aliphatic carbocycles. The maximum atomic E-state index is 9.69. The van der Waals surface area contributed by atoms with Crippen molar-refractivity contribution in [1.29, 1.82) is 0 Å². The Morgan fingerprint density at radius 2 is 2.29 bits per heavy atom. The molecule has 1 N–H and O–H groups in total. The third-order valence-electron chi connectivity index (χ3n) is 2.63. The molecule has 4 heteroatoms. The van der Waals surface area contributed by atoms with E-state index in [-0.39, 0.29) is 0 Å². The van der Waals surface area contributed by atoms with E-state index in [1.165, 1.54) is 0 Å². The molecular formula is C13H16N2O2. The predicted octanol–water partition coefficient (Wildman–Crippen LogP) is 2.36. The van der Waals surface area contributed by atoms with E-state index < -0.39 is 6.10 Å². The standard InChI is InChI=1S/C13H16N2O2/c1-10(16)12-4-3-6-14-13(12)15(2)8-11-5-7-17-9-11/h3-7,9-10,16H,8H2,1-2H3/t10-/m0/s1. The maximum Gasteiger partial charge on any atom is 0.134 e. The quantitative estimate of drug-likeness (QED) is 0.879. The average molecular weight is 232 g/mol. The van der Waals surface area contributed by atoms with Crippen LogP contribution in [0.4, 0.5) is 5.82 Å². The topological polar surface area (TPSA) is 49.5 Å². The molecule has 0 aromatic carbocycles. The van der Waals surface area contributed by atoms with E-state index in [1.807, 2.05) is 30.1 Å². The number of hydrogen-bond acceptors (Lipinski definition) is 4. The second-order valence-electron chi connectivity index (χ2n) is 4.08. The molecule has 90 valence electrons. The van der Waals surface area contributed by atoms with Gasteiger partial charge in [0, 0.05) is 30.9 Å². The number of hydrogen-bond donors (Lipinski definition) is 1. The van der Waals surface area contributed by atoms with E-state index in [9.17, 15) is 5.11 Å². The van der Waals surface area contributed by atoms with E-state index in [4.69, 9.17) is 4.42 Å². The molecule has 0 radical (unpaired) electrons. The van der Waals surface area contributed by atoms with Crippen LogP contribution < -0.4 is 4.90 Å². The van der Waals surface area contributed by atoms with Crippen molar-refractivity contribution in [3.05, 3.63) is 48.0 Å². The molecular weight excluding hydrogens is 216 g/mol. The number of anilines is 1. The molecule has 2 aromatic rings. The maximum absolute atomic E-state index is 9.69. The molecule has 0 amide bonds. The van der Waals surface area contributed by atoms with Crippen molar-refractivity contribution in [3.63, 3.8) is 0 Å². The van der Waals surface area contributed by atoms with Gasteiger partial charge in [-0.2, -0.15) is 0 Å². The molecule has 0 spiro atoms. The zero-order valence-corrected chi connectivity index (χ0v) is 10.00. The summed E-state index contributed by atoms with van der Waals surface area (Å²) in [7, 11) is 1.95. The van der Waals surface area contributed by atoms with E-state index in [1.54, 1.807) is 25.6 Å². The Morgan fingerprint density at radius 1 is 1.47 bits per heavy atom. The van der Waals surface area contributed by atoms with Crippen molar-refractivity contribution in [3.8, 4) is 0 Å². The smallest absolute Gasteiger partial charge is 0.134 e. The Morgan fingerprint density at radius 3 is 2.94 bits per heavy atom. The fourth-order valence-electron chi connectivity index (χ4n) is 1.79. The van der Waals surface area contributed by atoms with Gasteiger partial charge >= 0.3 is 0 Å². The second-order valence-corrected chi connectivity index (χ2v) is 4.08. The van der Waals surface area contributed by atoms with Crippen molar-refractivity contribution in [2.75, 3.05) is 11.9 Å². The average Bonchev–Trinajstić information content (AvgIpc) is 2.81. The highest BCUT2D eigenvalue weighted by atomic mass is 16.3. The third-order valence-corrected chi connectivity index (χ3v) is 2.63. The van der Waals surface area contributed by atoms with Crippen molar-refractivity contribution in [2.45, 2.75) is 19.6 Å². The molecule has 4 nitrogen and oxygen atoms in total. The molecule has 0 aliphatic rings. The lowest BCUT2D eigenvalue weighted by Crippen LogP contribution is -2.19. The lowest BCUT2D eigenvalue weighted by molar-refractivity contribution is 0.199. The highest BCUT2D eigenvalue weighted by Crippen LogP contribution is 2.23. The largest absolute Gasteiger partial charge is 0.472 e. The summed E-state index contributed by atoms with van der Waals surface area (Å²) >= 11 is 0. The summed E-state index contributed by atoms with van der Waals surface area (Å²) in [5.74, 6) is 0.795. The molecule has 2 heterocycles. The van der Waals surface area contributed by atoms with Gasteiger partial charge in [0.2, 0.25) is 0 Å². The minimum Gasteiger partial charge on any atom is -0.472 e. The third kappa shape index (κ3) is 2.65. The van der Waals surface area contributed by atoms with Crippen LogP contribution in [0.2, 0.25) is 0 Å². The van der Waals surface area contributed by atoms with Crippen LogP contribution >= 0.6 is 0 Å². The summed E-state index contributed by atoms with van der Waals surface area (Å²) in [4.78, 5) is 6.31. The van der Waals surface area contributed by atoms with Crippen LogP contribution in [0.5, 0.6) is 0 Å². The zero-order chi connectivity index (χ0) is 12.3. The van der Waals surface area contributed by atoms with Crippen molar-refractivity contribution >= 4 is 5.82 Å². The van der Waals surface area contributed by atoms with Gasteiger partial charge < -0.3 is 14.4 Å². The van der Waals surface area contributed by atoms with Crippen LogP contribution in [0.1, 0.15) is 24.2 Å². The van der Waals surface area contributed by atoms with Crippen LogP contribution in [-0.4, -0.2) is 17.1 Å². The predicted molar refractivity (Wildman–Crippen MR) is 65.7 cm³/mol. The number of pyridine rings is 1. The van der Waals surface area contributed by atoms with E-state index in [0.29, 0.717) is 6.54 Å². The molecule has 2 rings (SSSR count). The van der Waals surface area contributed by atoms with E-state index in [2.05, 4.69) is 4.98 Å². The summed E-state index contributed by atoms with van der Waals surface area (Å²) in [6, 6.07) is 5.64. The van der Waals surface area contributed by atoms with E-state index >= 15 is 0 Å². The Balaban J connectivity index is 2.21. The first-order valence-corrected chi connectivity index (χ1v) is 5.53. The zero-order valence-electron chi connectivity index (χ0n) is 10.00. The highest BCUT2D eigenvalue weighted by Gasteiger charge is 2.12. The highest BCUT2D eigenvalue weighted by molar-refractivity contribution is 5.47. The fraction of sp³-hybridized carbons (Fsp3) is 0.308. The Hall–Kier alpha value is -1.81. The van der Waals surface area contributed by atoms with Gasteiger partial charge in [0.15, 0.2) is 0 Å². The van der Waals surface area contributed by atoms with Crippen LogP contribution in [0.15, 0.2) is 41.3 Å². The number of furan rings is 1. The van der Waals surface area contributed by atoms with E-state index in [0.717, 1.165) is 16.9 Å². The Bertz CT molecular complexity index is 466. The van der Waals surface area contributed by atoms with Crippen molar-refractivity contribution in [2.24, 2.45) is 0 Å². The van der Waals surface area contributed by atoms with Gasteiger partial charge in [-0.05, 0) is 19.1 Å². The first kappa shape index (κ1) is 11.7. The van der Waals surface area contributed by atoms with Gasteiger partial charge in [-0.15, -0.1) is 0 Å². The first-order valence-electron chi connectivity index (χ1n) is 5.53. The summed E-state index contributed by atoms with van der Waals surface area (Å²) in [5.41, 5.74) is 1.91. The number of aliphatic hydroxyl groups excluding tert-OH is 1. The summed E-state index contributed by atoms with van der Waals surface area (Å²) in [6.45, 7) is 2.44. The molecule has 0 saturated heterocycles. The van der Waals surface area contributed by atoms with Crippen molar-refractivity contribution < 1.29 is 9.52 Å². The van der Waals surface area contributed by atoms with Crippen LogP contribution in [0.3, 0.4) is 0 Å². The van der Waals surface area contributed by atoms with Crippen LogP contribution in [-0.2, 0) is 6.54 Å². The second kappa shape index (κ2) is 5.01. The van der Waals surface area contributed by atoms with Gasteiger partial charge in [-0.3, -0.25) is 0 Å². The minimum atomic E-state index is -0.523. The SMILES string of the molecule is C[C@H](O)c1cccnc1N(C)Cc1ccoc1. The van der Waals surface area contributed by atoms with Crippen LogP contribution in [0.25, 0.3) is 0 Å². The molecule has 17 heavy (non-hydrogen) atoms. The molecule has 0 aliphatic heterocycles. The molecule has 0 unspecified atom stereocenters. The molecule has 0 bridgehead atoms. The molecule has 0 saturated carbocycles. The lowest BCUT2D eigenvalue weighted by Gasteiger charge is -2.21. The van der Waals surface area contributed by atoms with Crippen LogP contribution in [0, 0.1) is 0 Å². The summed E-state index contributed by atoms with van der Waals surface area (Å²) < 4.78 is 5.03. The summed E-state index contributed by atoms with van der Waals surface area (Å²) in [6.07, 6.45) is 4.57. The number of aliphatic hydroxyl groups is 1. The van der Waals surface area contributed by atoms with Gasteiger partial charge in [-0.25, -0.2) is 4.98 Å². The molecule has 0 fully saturated rings. The number of aromatic nitrogens is 1. The molecule has 1 atom stereocenters. The molecule has 2 aromatic heterocycles. The normalized spacial score (nSPS) is 12.4. The first-order chi connectivity index (χ1) is 8.18. The van der Waals surface area contributed by atoms with Gasteiger partial charge in [0.25, 0.3) is 0 Å². The lowest BCUT2D eigenvalue weighted by atomic mass is 10.1. The van der Waals surface area contributed by atoms with Crippen molar-refractivity contribution in [1.82, 2.24) is 4.98 Å². The Kier molecular flexibility index (Phi) is 3.44.